The Labute approximate surface area is 127 Å². The van der Waals surface area contributed by atoms with Crippen molar-refractivity contribution in [3.63, 3.8) is 0 Å². The van der Waals surface area contributed by atoms with Crippen molar-refractivity contribution in [1.82, 2.24) is 9.80 Å². The summed E-state index contributed by atoms with van der Waals surface area (Å²) in [6.45, 7) is 18.9. The van der Waals surface area contributed by atoms with Crippen molar-refractivity contribution in [3.05, 3.63) is 0 Å². The summed E-state index contributed by atoms with van der Waals surface area (Å²) in [5.41, 5.74) is 0. The van der Waals surface area contributed by atoms with E-state index in [9.17, 15) is 0 Å². The Morgan fingerprint density at radius 2 is 0.800 bits per heavy atom. The van der Waals surface area contributed by atoms with E-state index in [1.807, 2.05) is 0 Å². The van der Waals surface area contributed by atoms with Gasteiger partial charge in [0.15, 0.2) is 0 Å². The van der Waals surface area contributed by atoms with Crippen LogP contribution in [0.25, 0.3) is 0 Å². The Morgan fingerprint density at radius 1 is 0.550 bits per heavy atom. The van der Waals surface area contributed by atoms with E-state index in [0.717, 1.165) is 12.1 Å². The van der Waals surface area contributed by atoms with Crippen LogP contribution in [-0.2, 0) is 0 Å². The van der Waals surface area contributed by atoms with Crippen LogP contribution < -0.4 is 0 Å². The van der Waals surface area contributed by atoms with Crippen molar-refractivity contribution < 1.29 is 0 Å². The van der Waals surface area contributed by atoms with Crippen molar-refractivity contribution >= 4 is 0 Å². The maximum atomic E-state index is 2.77. The highest BCUT2D eigenvalue weighted by molar-refractivity contribution is 4.94. The van der Waals surface area contributed by atoms with Crippen LogP contribution in [0.1, 0.15) is 81.1 Å². The fourth-order valence-corrected chi connectivity index (χ4v) is 4.51. The normalized spacial score (nSPS) is 24.9. The van der Waals surface area contributed by atoms with E-state index in [1.54, 1.807) is 0 Å². The first-order valence-electron chi connectivity index (χ1n) is 8.82. The van der Waals surface area contributed by atoms with Gasteiger partial charge >= 0.3 is 0 Å². The summed E-state index contributed by atoms with van der Waals surface area (Å²) in [6, 6.07) is 4.02. The topological polar surface area (TPSA) is 6.48 Å². The minimum absolute atomic E-state index is 0.641. The van der Waals surface area contributed by atoms with E-state index in [-0.39, 0.29) is 0 Å². The zero-order chi connectivity index (χ0) is 15.4. The van der Waals surface area contributed by atoms with Crippen LogP contribution in [-0.4, -0.2) is 46.1 Å². The van der Waals surface area contributed by atoms with Crippen molar-refractivity contribution in [2.24, 2.45) is 0 Å². The van der Waals surface area contributed by atoms with E-state index in [2.05, 4.69) is 65.2 Å². The second-order valence-electron chi connectivity index (χ2n) is 7.69. The third-order valence-electron chi connectivity index (χ3n) is 4.84. The molecule has 0 heterocycles. The Hall–Kier alpha value is -0.0800. The summed E-state index contributed by atoms with van der Waals surface area (Å²) in [6.07, 6.45) is 5.55. The molecule has 1 fully saturated rings. The zero-order valence-corrected chi connectivity index (χ0v) is 15.2. The highest BCUT2D eigenvalue weighted by Gasteiger charge is 2.37. The molecule has 0 saturated heterocycles. The molecule has 20 heavy (non-hydrogen) atoms. The minimum atomic E-state index is 0.641. The van der Waals surface area contributed by atoms with Crippen LogP contribution in [0.3, 0.4) is 0 Å². The Balaban J connectivity index is 3.00. The van der Waals surface area contributed by atoms with E-state index in [0.29, 0.717) is 24.2 Å². The van der Waals surface area contributed by atoms with Crippen LogP contribution in [0.15, 0.2) is 0 Å². The van der Waals surface area contributed by atoms with Gasteiger partial charge in [0, 0.05) is 36.3 Å². The van der Waals surface area contributed by atoms with Gasteiger partial charge < -0.3 is 0 Å². The molecule has 2 heteroatoms. The molecule has 1 aliphatic rings. The SMILES string of the molecule is CC(C)N(C(C)C)C1CCCCC1N(C(C)C)C(C)C. The number of rotatable bonds is 6. The summed E-state index contributed by atoms with van der Waals surface area (Å²) in [4.78, 5) is 5.53. The molecule has 120 valence electrons. The standard InChI is InChI=1S/C18H38N2/c1-13(2)19(14(3)4)17-11-9-10-12-18(17)20(15(5)6)16(7)8/h13-18H,9-12H2,1-8H3. The lowest BCUT2D eigenvalue weighted by atomic mass is 9.85. The van der Waals surface area contributed by atoms with E-state index < -0.39 is 0 Å². The molecule has 1 aliphatic carbocycles. The average molecular weight is 283 g/mol. The Bertz CT molecular complexity index is 227. The van der Waals surface area contributed by atoms with Gasteiger partial charge in [0.25, 0.3) is 0 Å². The molecule has 0 aliphatic heterocycles. The molecule has 0 spiro atoms. The molecule has 0 amide bonds. The average Bonchev–Trinajstić information content (AvgIpc) is 2.29. The highest BCUT2D eigenvalue weighted by Crippen LogP contribution is 2.32. The summed E-state index contributed by atoms with van der Waals surface area (Å²) in [5.74, 6) is 0. The molecular weight excluding hydrogens is 244 g/mol. The fraction of sp³-hybridized carbons (Fsp3) is 1.00. The van der Waals surface area contributed by atoms with Crippen LogP contribution in [0, 0.1) is 0 Å². The molecule has 0 aromatic heterocycles. The lowest BCUT2D eigenvalue weighted by Crippen LogP contribution is -2.60. The Morgan fingerprint density at radius 3 is 1.00 bits per heavy atom. The molecule has 0 radical (unpaired) electrons. The number of hydrogen-bond acceptors (Lipinski definition) is 2. The predicted molar refractivity (Wildman–Crippen MR) is 90.3 cm³/mol. The summed E-state index contributed by atoms with van der Waals surface area (Å²) in [5, 5.41) is 0. The smallest absolute Gasteiger partial charge is 0.0257 e. The third-order valence-corrected chi connectivity index (χ3v) is 4.84. The molecule has 1 saturated carbocycles. The Kier molecular flexibility index (Phi) is 7.00. The summed E-state index contributed by atoms with van der Waals surface area (Å²) in [7, 11) is 0. The summed E-state index contributed by atoms with van der Waals surface area (Å²) >= 11 is 0. The summed E-state index contributed by atoms with van der Waals surface area (Å²) < 4.78 is 0. The lowest BCUT2D eigenvalue weighted by molar-refractivity contribution is -0.0130. The van der Waals surface area contributed by atoms with Gasteiger partial charge in [-0.05, 0) is 68.2 Å². The molecule has 0 N–H and O–H groups in total. The first kappa shape index (κ1) is 18.0. The van der Waals surface area contributed by atoms with Gasteiger partial charge in [0.1, 0.15) is 0 Å². The second kappa shape index (κ2) is 7.79. The van der Waals surface area contributed by atoms with Crippen LogP contribution in [0.5, 0.6) is 0 Å². The quantitative estimate of drug-likeness (QED) is 0.706. The molecule has 2 unspecified atom stereocenters. The molecule has 0 aromatic carbocycles. The second-order valence-corrected chi connectivity index (χ2v) is 7.69. The van der Waals surface area contributed by atoms with Gasteiger partial charge in [-0.3, -0.25) is 9.80 Å². The molecule has 1 rings (SSSR count). The van der Waals surface area contributed by atoms with Gasteiger partial charge in [0.2, 0.25) is 0 Å². The fourth-order valence-electron chi connectivity index (χ4n) is 4.51. The third kappa shape index (κ3) is 4.21. The van der Waals surface area contributed by atoms with Crippen molar-refractivity contribution in [1.29, 1.82) is 0 Å². The molecular formula is C18H38N2. The van der Waals surface area contributed by atoms with Crippen molar-refractivity contribution in [3.8, 4) is 0 Å². The van der Waals surface area contributed by atoms with Gasteiger partial charge in [-0.1, -0.05) is 12.8 Å². The minimum Gasteiger partial charge on any atom is -0.294 e. The highest BCUT2D eigenvalue weighted by atomic mass is 15.3. The molecule has 2 nitrogen and oxygen atoms in total. The predicted octanol–water partition coefficient (Wildman–Crippen LogP) is 4.54. The van der Waals surface area contributed by atoms with Gasteiger partial charge in [-0.2, -0.15) is 0 Å². The van der Waals surface area contributed by atoms with Crippen molar-refractivity contribution in [2.45, 2.75) is 117 Å². The first-order valence-corrected chi connectivity index (χ1v) is 8.82. The van der Waals surface area contributed by atoms with E-state index >= 15 is 0 Å². The van der Waals surface area contributed by atoms with Gasteiger partial charge in [-0.15, -0.1) is 0 Å². The molecule has 0 bridgehead atoms. The monoisotopic (exact) mass is 282 g/mol. The number of nitrogens with zero attached hydrogens (tertiary/aromatic N) is 2. The largest absolute Gasteiger partial charge is 0.294 e. The first-order chi connectivity index (χ1) is 9.27. The van der Waals surface area contributed by atoms with E-state index in [4.69, 9.17) is 0 Å². The molecule has 2 atom stereocenters. The van der Waals surface area contributed by atoms with Gasteiger partial charge in [-0.25, -0.2) is 0 Å². The molecule has 0 aromatic rings. The van der Waals surface area contributed by atoms with E-state index in [1.165, 1.54) is 25.7 Å². The maximum Gasteiger partial charge on any atom is 0.0257 e. The van der Waals surface area contributed by atoms with Crippen molar-refractivity contribution in [2.75, 3.05) is 0 Å². The van der Waals surface area contributed by atoms with Crippen LogP contribution in [0.4, 0.5) is 0 Å². The number of hydrogen-bond donors (Lipinski definition) is 0. The van der Waals surface area contributed by atoms with Crippen LogP contribution in [0.2, 0.25) is 0 Å². The zero-order valence-electron chi connectivity index (χ0n) is 15.2. The van der Waals surface area contributed by atoms with Crippen LogP contribution >= 0.6 is 0 Å². The van der Waals surface area contributed by atoms with Gasteiger partial charge in [0.05, 0.1) is 0 Å². The maximum absolute atomic E-state index is 2.77. The lowest BCUT2D eigenvalue weighted by Gasteiger charge is -2.50.